The molecule has 2 aliphatic carbocycles. The fourth-order valence-corrected chi connectivity index (χ4v) is 4.81. The fraction of sp³-hybridized carbons (Fsp3) is 0.647. The van der Waals surface area contributed by atoms with E-state index >= 15 is 0 Å². The summed E-state index contributed by atoms with van der Waals surface area (Å²) >= 11 is 0. The van der Waals surface area contributed by atoms with Crippen molar-refractivity contribution in [1.29, 1.82) is 0 Å². The maximum Gasteiger partial charge on any atom is 0.269 e. The second kappa shape index (κ2) is 4.80. The smallest absolute Gasteiger partial charge is 0.269 e. The zero-order valence-corrected chi connectivity index (χ0v) is 13.1. The molecule has 0 amide bonds. The van der Waals surface area contributed by atoms with Crippen molar-refractivity contribution in [2.24, 2.45) is 16.7 Å². The molecule has 3 atom stereocenters. The molecule has 1 N–H and O–H groups in total. The number of nitrogens with zero attached hydrogens (tertiary/aromatic N) is 1. The maximum atomic E-state index is 10.9. The van der Waals surface area contributed by atoms with Gasteiger partial charge in [-0.2, -0.15) is 0 Å². The van der Waals surface area contributed by atoms with Gasteiger partial charge in [0.2, 0.25) is 0 Å². The summed E-state index contributed by atoms with van der Waals surface area (Å²) < 4.78 is 0. The van der Waals surface area contributed by atoms with Crippen molar-refractivity contribution < 1.29 is 4.92 Å². The van der Waals surface area contributed by atoms with E-state index in [1.165, 1.54) is 19.3 Å². The van der Waals surface area contributed by atoms with Gasteiger partial charge in [-0.1, -0.05) is 32.9 Å². The van der Waals surface area contributed by atoms with Crippen molar-refractivity contribution in [3.63, 3.8) is 0 Å². The van der Waals surface area contributed by atoms with Crippen LogP contribution in [0.2, 0.25) is 0 Å². The minimum Gasteiger partial charge on any atom is -0.309 e. The number of hydrogen-bond acceptors (Lipinski definition) is 3. The van der Waals surface area contributed by atoms with Gasteiger partial charge in [0.05, 0.1) is 4.92 Å². The number of nitro benzene ring substituents is 1. The molecule has 2 saturated carbocycles. The van der Waals surface area contributed by atoms with Crippen LogP contribution in [0.5, 0.6) is 0 Å². The van der Waals surface area contributed by atoms with Crippen LogP contribution in [0.1, 0.15) is 45.6 Å². The maximum absolute atomic E-state index is 10.9. The van der Waals surface area contributed by atoms with Crippen molar-refractivity contribution in [2.45, 2.75) is 52.6 Å². The minimum absolute atomic E-state index is 0.174. The zero-order chi connectivity index (χ0) is 15.3. The minimum atomic E-state index is -0.327. The number of nitro groups is 1. The van der Waals surface area contributed by atoms with Crippen LogP contribution in [-0.4, -0.2) is 11.0 Å². The lowest BCUT2D eigenvalue weighted by Crippen LogP contribution is -2.49. The number of fused-ring (bicyclic) bond motifs is 2. The third-order valence-corrected chi connectivity index (χ3v) is 5.90. The van der Waals surface area contributed by atoms with Crippen molar-refractivity contribution in [3.05, 3.63) is 39.9 Å². The zero-order valence-electron chi connectivity index (χ0n) is 13.1. The first kappa shape index (κ1) is 14.5. The van der Waals surface area contributed by atoms with Crippen LogP contribution in [-0.2, 0) is 6.54 Å². The second-order valence-electron chi connectivity index (χ2n) is 7.66. The molecule has 114 valence electrons. The Labute approximate surface area is 126 Å². The lowest BCUT2D eigenvalue weighted by atomic mass is 9.68. The summed E-state index contributed by atoms with van der Waals surface area (Å²) in [5.41, 5.74) is 1.86. The molecule has 2 aliphatic rings. The van der Waals surface area contributed by atoms with Gasteiger partial charge in [-0.25, -0.2) is 0 Å². The van der Waals surface area contributed by atoms with Crippen LogP contribution in [0.4, 0.5) is 5.69 Å². The molecule has 2 bridgehead atoms. The first-order chi connectivity index (χ1) is 9.83. The Morgan fingerprint density at radius 2 is 2.14 bits per heavy atom. The number of hydrogen-bond donors (Lipinski definition) is 1. The molecule has 0 saturated heterocycles. The van der Waals surface area contributed by atoms with Crippen molar-refractivity contribution >= 4 is 5.69 Å². The Morgan fingerprint density at radius 3 is 2.76 bits per heavy atom. The van der Waals surface area contributed by atoms with Crippen molar-refractivity contribution in [2.75, 3.05) is 0 Å². The highest BCUT2D eigenvalue weighted by Gasteiger charge is 2.58. The summed E-state index contributed by atoms with van der Waals surface area (Å²) in [6.45, 7) is 7.84. The van der Waals surface area contributed by atoms with E-state index in [2.05, 4.69) is 26.1 Å². The molecule has 4 nitrogen and oxygen atoms in total. The first-order valence-corrected chi connectivity index (χ1v) is 7.80. The highest BCUT2D eigenvalue weighted by molar-refractivity contribution is 5.34. The number of benzene rings is 1. The molecular weight excluding hydrogens is 264 g/mol. The Bertz CT molecular complexity index is 565. The molecule has 3 unspecified atom stereocenters. The number of non-ortho nitro benzene ring substituents is 1. The van der Waals surface area contributed by atoms with E-state index in [1.54, 1.807) is 18.2 Å². The van der Waals surface area contributed by atoms with Gasteiger partial charge in [0, 0.05) is 24.7 Å². The molecule has 4 heteroatoms. The van der Waals surface area contributed by atoms with Crippen LogP contribution in [0.25, 0.3) is 0 Å². The quantitative estimate of drug-likeness (QED) is 0.675. The average molecular weight is 288 g/mol. The fourth-order valence-electron chi connectivity index (χ4n) is 4.81. The normalized spacial score (nSPS) is 33.3. The Balaban J connectivity index is 1.73. The first-order valence-electron chi connectivity index (χ1n) is 7.80. The van der Waals surface area contributed by atoms with Gasteiger partial charge < -0.3 is 5.32 Å². The Kier molecular flexibility index (Phi) is 3.32. The van der Waals surface area contributed by atoms with E-state index < -0.39 is 0 Å². The summed E-state index contributed by atoms with van der Waals surface area (Å²) in [5, 5.41) is 14.6. The highest BCUT2D eigenvalue weighted by Crippen LogP contribution is 2.62. The summed E-state index contributed by atoms with van der Waals surface area (Å²) in [7, 11) is 0. The predicted octanol–water partition coefficient (Wildman–Crippen LogP) is 3.90. The van der Waals surface area contributed by atoms with Crippen molar-refractivity contribution in [1.82, 2.24) is 5.32 Å². The summed E-state index contributed by atoms with van der Waals surface area (Å²) in [6, 6.07) is 7.44. The van der Waals surface area contributed by atoms with Gasteiger partial charge in [-0.3, -0.25) is 10.1 Å². The van der Waals surface area contributed by atoms with Gasteiger partial charge >= 0.3 is 0 Å². The molecule has 0 spiro atoms. The Morgan fingerprint density at radius 1 is 1.38 bits per heavy atom. The molecule has 2 fully saturated rings. The highest BCUT2D eigenvalue weighted by atomic mass is 16.6. The van der Waals surface area contributed by atoms with Gasteiger partial charge in [-0.15, -0.1) is 0 Å². The summed E-state index contributed by atoms with van der Waals surface area (Å²) in [6.07, 6.45) is 3.96. The lowest BCUT2D eigenvalue weighted by Gasteiger charge is -2.43. The third-order valence-electron chi connectivity index (χ3n) is 5.90. The molecule has 3 rings (SSSR count). The SMILES string of the molecule is CC12CCC(C1)C(C)(C)C2NCc1cccc([N+](=O)[O-])c1. The predicted molar refractivity (Wildman–Crippen MR) is 83.0 cm³/mol. The molecule has 0 heterocycles. The topological polar surface area (TPSA) is 55.2 Å². The van der Waals surface area contributed by atoms with Gasteiger partial charge in [0.25, 0.3) is 5.69 Å². The molecule has 1 aromatic carbocycles. The molecule has 0 aromatic heterocycles. The third kappa shape index (κ3) is 2.35. The Hall–Kier alpha value is -1.42. The number of nitrogens with one attached hydrogen (secondary N) is 1. The van der Waals surface area contributed by atoms with E-state index in [-0.39, 0.29) is 10.6 Å². The largest absolute Gasteiger partial charge is 0.309 e. The average Bonchev–Trinajstić information content (AvgIpc) is 2.89. The second-order valence-corrected chi connectivity index (χ2v) is 7.66. The van der Waals surface area contributed by atoms with Crippen LogP contribution >= 0.6 is 0 Å². The molecule has 0 radical (unpaired) electrons. The lowest BCUT2D eigenvalue weighted by molar-refractivity contribution is -0.384. The van der Waals surface area contributed by atoms with Crippen LogP contribution in [0.3, 0.4) is 0 Å². The van der Waals surface area contributed by atoms with Crippen LogP contribution in [0, 0.1) is 26.9 Å². The molecular formula is C17H24N2O2. The van der Waals surface area contributed by atoms with E-state index in [0.29, 0.717) is 23.4 Å². The summed E-state index contributed by atoms with van der Waals surface area (Å²) in [4.78, 5) is 10.5. The van der Waals surface area contributed by atoms with Gasteiger partial charge in [-0.05, 0) is 41.6 Å². The van der Waals surface area contributed by atoms with Crippen LogP contribution in [0.15, 0.2) is 24.3 Å². The molecule has 0 aliphatic heterocycles. The monoisotopic (exact) mass is 288 g/mol. The van der Waals surface area contributed by atoms with E-state index in [1.807, 2.05) is 6.07 Å². The standard InChI is InChI=1S/C17H24N2O2/c1-16(2)13-7-8-17(3,10-13)15(16)18-11-12-5-4-6-14(9-12)19(20)21/h4-6,9,13,15,18H,7-8,10-11H2,1-3H3. The molecule has 1 aromatic rings. The van der Waals surface area contributed by atoms with E-state index in [0.717, 1.165) is 11.5 Å². The van der Waals surface area contributed by atoms with E-state index in [4.69, 9.17) is 0 Å². The van der Waals surface area contributed by atoms with Crippen molar-refractivity contribution in [3.8, 4) is 0 Å². The number of rotatable bonds is 4. The summed E-state index contributed by atoms with van der Waals surface area (Å²) in [5.74, 6) is 0.810. The van der Waals surface area contributed by atoms with Gasteiger partial charge in [0.15, 0.2) is 0 Å². The van der Waals surface area contributed by atoms with Crippen LogP contribution < -0.4 is 5.32 Å². The molecule has 21 heavy (non-hydrogen) atoms. The van der Waals surface area contributed by atoms with E-state index in [9.17, 15) is 10.1 Å². The van der Waals surface area contributed by atoms with Gasteiger partial charge in [0.1, 0.15) is 0 Å².